The Morgan fingerprint density at radius 2 is 1.46 bits per heavy atom. The van der Waals surface area contributed by atoms with Crippen LogP contribution in [-0.2, 0) is 5.41 Å². The van der Waals surface area contributed by atoms with E-state index in [1.807, 2.05) is 12.1 Å². The van der Waals surface area contributed by atoms with E-state index in [-0.39, 0.29) is 16.3 Å². The summed E-state index contributed by atoms with van der Waals surface area (Å²) in [4.78, 5) is 29.5. The molecule has 1 heterocycles. The van der Waals surface area contributed by atoms with E-state index >= 15 is 0 Å². The lowest BCUT2D eigenvalue weighted by Crippen LogP contribution is -2.13. The maximum Gasteiger partial charge on any atom is 0.198 e. The molecule has 1 N–H and O–H groups in total. The number of hydrogen-bond acceptors (Lipinski definition) is 3. The Balaban J connectivity index is 1.99. The zero-order valence-corrected chi connectivity index (χ0v) is 15.9. The predicted molar refractivity (Wildman–Crippen MR) is 114 cm³/mol. The molecule has 0 saturated heterocycles. The molecule has 0 fully saturated rings. The van der Waals surface area contributed by atoms with Crippen molar-refractivity contribution in [2.45, 2.75) is 26.2 Å². The van der Waals surface area contributed by atoms with Crippen molar-refractivity contribution in [2.24, 2.45) is 0 Å². The molecule has 0 aliphatic heterocycles. The van der Waals surface area contributed by atoms with Gasteiger partial charge in [-0.2, -0.15) is 0 Å². The first kappa shape index (κ1) is 16.8. The average Bonchev–Trinajstić information content (AvgIpc) is 2.68. The lowest BCUT2D eigenvalue weighted by atomic mass is 9.87. The molecule has 0 radical (unpaired) electrons. The van der Waals surface area contributed by atoms with Crippen LogP contribution >= 0.6 is 0 Å². The van der Waals surface area contributed by atoms with Gasteiger partial charge in [-0.25, -0.2) is 0 Å². The molecule has 0 unspecified atom stereocenters. The third-order valence-corrected chi connectivity index (χ3v) is 5.37. The summed E-state index contributed by atoms with van der Waals surface area (Å²) in [7, 11) is 0. The molecule has 1 aromatic heterocycles. The van der Waals surface area contributed by atoms with Crippen LogP contribution in [0.3, 0.4) is 0 Å². The molecule has 0 saturated carbocycles. The molecule has 0 bridgehead atoms. The van der Waals surface area contributed by atoms with Crippen molar-refractivity contribution < 1.29 is 4.42 Å². The maximum atomic E-state index is 13.2. The summed E-state index contributed by atoms with van der Waals surface area (Å²) >= 11 is 0. The van der Waals surface area contributed by atoms with Crippen LogP contribution in [-0.4, -0.2) is 4.98 Å². The van der Waals surface area contributed by atoms with Gasteiger partial charge in [0.05, 0.1) is 16.4 Å². The molecule has 0 atom stereocenters. The lowest BCUT2D eigenvalue weighted by Gasteiger charge is -2.19. The average molecular weight is 369 g/mol. The molecule has 5 rings (SSSR count). The highest BCUT2D eigenvalue weighted by molar-refractivity contribution is 6.09. The van der Waals surface area contributed by atoms with Crippen LogP contribution in [0.25, 0.3) is 43.7 Å². The molecule has 0 amide bonds. The second-order valence-electron chi connectivity index (χ2n) is 8.26. The Kier molecular flexibility index (Phi) is 3.32. The minimum atomic E-state index is -0.181. The summed E-state index contributed by atoms with van der Waals surface area (Å²) in [5, 5.41) is 1.59. The first-order chi connectivity index (χ1) is 13.3. The minimum absolute atomic E-state index is 0.0283. The van der Waals surface area contributed by atoms with Crippen molar-refractivity contribution in [1.82, 2.24) is 4.98 Å². The van der Waals surface area contributed by atoms with Crippen LogP contribution in [0.4, 0.5) is 0 Å². The van der Waals surface area contributed by atoms with Crippen LogP contribution in [0, 0.1) is 0 Å². The highest BCUT2D eigenvalue weighted by Gasteiger charge is 2.17. The van der Waals surface area contributed by atoms with E-state index in [1.54, 1.807) is 36.4 Å². The van der Waals surface area contributed by atoms with Gasteiger partial charge in [-0.1, -0.05) is 51.1 Å². The summed E-state index contributed by atoms with van der Waals surface area (Å²) in [5.41, 5.74) is 3.39. The van der Waals surface area contributed by atoms with Gasteiger partial charge in [-0.3, -0.25) is 9.59 Å². The third kappa shape index (κ3) is 2.31. The van der Waals surface area contributed by atoms with Crippen LogP contribution in [0.5, 0.6) is 0 Å². The minimum Gasteiger partial charge on any atom is -0.452 e. The molecule has 4 aromatic carbocycles. The molecule has 0 spiro atoms. The quantitative estimate of drug-likeness (QED) is 0.300. The summed E-state index contributed by atoms with van der Waals surface area (Å²) < 4.78 is 6.21. The van der Waals surface area contributed by atoms with Crippen LogP contribution < -0.4 is 10.9 Å². The second kappa shape index (κ2) is 5.55. The topological polar surface area (TPSA) is 63.1 Å². The van der Waals surface area contributed by atoms with E-state index in [9.17, 15) is 9.59 Å². The van der Waals surface area contributed by atoms with Crippen LogP contribution in [0.2, 0.25) is 0 Å². The molecule has 4 heteroatoms. The first-order valence-corrected chi connectivity index (χ1v) is 9.29. The van der Waals surface area contributed by atoms with Gasteiger partial charge in [0.25, 0.3) is 0 Å². The molecule has 0 aliphatic rings. The molecular weight excluding hydrogens is 350 g/mol. The van der Waals surface area contributed by atoms with Crippen molar-refractivity contribution in [3.63, 3.8) is 0 Å². The van der Waals surface area contributed by atoms with Crippen molar-refractivity contribution in [3.8, 4) is 0 Å². The van der Waals surface area contributed by atoms with Crippen molar-refractivity contribution in [1.29, 1.82) is 0 Å². The Labute approximate surface area is 160 Å². The van der Waals surface area contributed by atoms with E-state index < -0.39 is 0 Å². The number of fused-ring (bicyclic) bond motifs is 5. The second-order valence-corrected chi connectivity index (χ2v) is 8.26. The van der Waals surface area contributed by atoms with E-state index in [1.165, 1.54) is 0 Å². The predicted octanol–water partition coefficient (Wildman–Crippen LogP) is 5.24. The normalized spacial score (nSPS) is 12.4. The van der Waals surface area contributed by atoms with Gasteiger partial charge in [-0.05, 0) is 35.2 Å². The molecule has 5 aromatic rings. The fourth-order valence-corrected chi connectivity index (χ4v) is 3.79. The van der Waals surface area contributed by atoms with E-state index in [0.29, 0.717) is 38.2 Å². The number of hydrogen-bond donors (Lipinski definition) is 1. The molecule has 138 valence electrons. The molecule has 4 nitrogen and oxygen atoms in total. The van der Waals surface area contributed by atoms with Gasteiger partial charge >= 0.3 is 0 Å². The summed E-state index contributed by atoms with van der Waals surface area (Å²) in [6.45, 7) is 6.42. The largest absolute Gasteiger partial charge is 0.452 e. The number of aromatic amines is 1. The van der Waals surface area contributed by atoms with Gasteiger partial charge in [0.1, 0.15) is 0 Å². The van der Waals surface area contributed by atoms with Crippen molar-refractivity contribution in [3.05, 3.63) is 80.6 Å². The van der Waals surface area contributed by atoms with Crippen molar-refractivity contribution >= 4 is 43.7 Å². The summed E-state index contributed by atoms with van der Waals surface area (Å²) in [6.07, 6.45) is 0. The first-order valence-electron chi connectivity index (χ1n) is 9.29. The van der Waals surface area contributed by atoms with Gasteiger partial charge in [0, 0.05) is 16.2 Å². The zero-order chi connectivity index (χ0) is 19.6. The Morgan fingerprint density at radius 1 is 0.786 bits per heavy atom. The number of benzene rings is 4. The van der Waals surface area contributed by atoms with Gasteiger partial charge in [0.2, 0.25) is 0 Å². The molecular formula is C24H19NO3. The Hall–Kier alpha value is -3.40. The standard InChI is InChI=1S/C24H19NO3/c1-24(2,3)13-8-10-17-19(12-13)28-23-18(25-17)11-9-16-20(23)22(27)15-7-5-4-6-14(15)21(16)26/h4-12,25H,1-3H3. The highest BCUT2D eigenvalue weighted by atomic mass is 16.3. The number of nitrogens with one attached hydrogen (secondary N) is 1. The Morgan fingerprint density at radius 3 is 2.18 bits per heavy atom. The van der Waals surface area contributed by atoms with Gasteiger partial charge < -0.3 is 9.40 Å². The monoisotopic (exact) mass is 369 g/mol. The lowest BCUT2D eigenvalue weighted by molar-refractivity contribution is 0.587. The zero-order valence-electron chi connectivity index (χ0n) is 15.9. The number of aromatic nitrogens is 1. The summed E-state index contributed by atoms with van der Waals surface area (Å²) in [5.74, 6) is 0. The third-order valence-electron chi connectivity index (χ3n) is 5.37. The van der Waals surface area contributed by atoms with E-state index in [2.05, 4.69) is 31.8 Å². The number of rotatable bonds is 0. The molecule has 0 aliphatic carbocycles. The highest BCUT2D eigenvalue weighted by Crippen LogP contribution is 2.29. The van der Waals surface area contributed by atoms with Crippen molar-refractivity contribution in [2.75, 3.05) is 0 Å². The van der Waals surface area contributed by atoms with Gasteiger partial charge in [-0.15, -0.1) is 0 Å². The fourth-order valence-electron chi connectivity index (χ4n) is 3.79. The summed E-state index contributed by atoms with van der Waals surface area (Å²) in [6, 6.07) is 16.5. The fraction of sp³-hybridized carbons (Fsp3) is 0.167. The van der Waals surface area contributed by atoms with Crippen LogP contribution in [0.1, 0.15) is 26.3 Å². The van der Waals surface area contributed by atoms with E-state index in [0.717, 1.165) is 11.1 Å². The maximum absolute atomic E-state index is 13.2. The number of H-pyrrole nitrogens is 1. The molecule has 28 heavy (non-hydrogen) atoms. The van der Waals surface area contributed by atoms with Crippen LogP contribution in [0.15, 0.2) is 68.6 Å². The SMILES string of the molecule is CC(C)(C)c1ccc2[nH]c3ccc4c(=O)c5ccccc5c(=O)c4c3oc2c1. The smallest absolute Gasteiger partial charge is 0.198 e. The van der Waals surface area contributed by atoms with Gasteiger partial charge in [0.15, 0.2) is 22.0 Å². The van der Waals surface area contributed by atoms with E-state index in [4.69, 9.17) is 4.42 Å². The Bertz CT molecular complexity index is 1530.